The Morgan fingerprint density at radius 3 is 2.81 bits per heavy atom. The molecule has 3 N–H and O–H groups in total. The molecule has 2 aliphatic heterocycles. The van der Waals surface area contributed by atoms with E-state index in [1.54, 1.807) is 42.6 Å². The van der Waals surface area contributed by atoms with E-state index >= 15 is 0 Å². The molecule has 0 aliphatic carbocycles. The number of halogens is 1. The van der Waals surface area contributed by atoms with Gasteiger partial charge in [0.15, 0.2) is 0 Å². The van der Waals surface area contributed by atoms with E-state index in [0.29, 0.717) is 29.0 Å². The number of hydrogen-bond acceptors (Lipinski definition) is 6. The van der Waals surface area contributed by atoms with Crippen molar-refractivity contribution in [2.24, 2.45) is 0 Å². The Morgan fingerprint density at radius 1 is 1.14 bits per heavy atom. The van der Waals surface area contributed by atoms with Crippen LogP contribution in [-0.4, -0.2) is 46.8 Å². The average molecular weight is 492 g/mol. The lowest BCUT2D eigenvalue weighted by atomic mass is 9.84. The van der Waals surface area contributed by atoms with Crippen LogP contribution in [0.3, 0.4) is 0 Å². The van der Waals surface area contributed by atoms with Crippen LogP contribution in [0.1, 0.15) is 40.2 Å². The van der Waals surface area contributed by atoms with Gasteiger partial charge in [-0.05, 0) is 54.4 Å². The quantitative estimate of drug-likeness (QED) is 0.468. The maximum Gasteiger partial charge on any atom is 0.257 e. The predicted molar refractivity (Wildman–Crippen MR) is 129 cm³/mol. The number of fused-ring (bicyclic) bond motifs is 3. The molecule has 2 amide bonds. The molecule has 2 aromatic carbocycles. The van der Waals surface area contributed by atoms with E-state index in [4.69, 9.17) is 9.47 Å². The van der Waals surface area contributed by atoms with Gasteiger partial charge in [0.2, 0.25) is 5.91 Å². The molecule has 8 nitrogen and oxygen atoms in total. The number of carbonyl (C=O) groups excluding carboxylic acids is 2. The van der Waals surface area contributed by atoms with Crippen molar-refractivity contribution in [3.8, 4) is 5.75 Å². The molecule has 4 atom stereocenters. The fourth-order valence-electron chi connectivity index (χ4n) is 4.79. The van der Waals surface area contributed by atoms with Gasteiger partial charge < -0.3 is 25.2 Å². The third-order valence-corrected chi connectivity index (χ3v) is 6.47. The fraction of sp³-hybridized carbons (Fsp3) is 0.296. The molecule has 3 aromatic rings. The van der Waals surface area contributed by atoms with Gasteiger partial charge in [-0.25, -0.2) is 4.39 Å². The second kappa shape index (κ2) is 10.4. The SMILES string of the molecule is O=C(C[C@H]1C[C@@H]2c3cc(NC(=O)c4cccnc4)ccc3O[C@@H]2[C@@H](CO)O1)NCc1cccc(F)c1. The number of aliphatic hydroxyl groups is 1. The first-order valence-electron chi connectivity index (χ1n) is 11.8. The maximum atomic E-state index is 13.4. The Labute approximate surface area is 207 Å². The Bertz CT molecular complexity index is 1260. The number of hydrogen-bond donors (Lipinski definition) is 3. The number of amides is 2. The fourth-order valence-corrected chi connectivity index (χ4v) is 4.79. The molecule has 0 radical (unpaired) electrons. The molecule has 9 heteroatoms. The second-order valence-corrected chi connectivity index (χ2v) is 8.96. The summed E-state index contributed by atoms with van der Waals surface area (Å²) < 4.78 is 25.5. The van der Waals surface area contributed by atoms with Gasteiger partial charge in [-0.2, -0.15) is 0 Å². The van der Waals surface area contributed by atoms with Gasteiger partial charge in [-0.1, -0.05) is 12.1 Å². The maximum absolute atomic E-state index is 13.4. The third-order valence-electron chi connectivity index (χ3n) is 6.47. The Hall–Kier alpha value is -3.82. The molecule has 0 bridgehead atoms. The van der Waals surface area contributed by atoms with Crippen LogP contribution in [0.5, 0.6) is 5.75 Å². The number of rotatable bonds is 7. The zero-order valence-electron chi connectivity index (χ0n) is 19.4. The number of nitrogens with one attached hydrogen (secondary N) is 2. The zero-order chi connectivity index (χ0) is 25.1. The first-order chi connectivity index (χ1) is 17.5. The molecule has 2 aliphatic rings. The second-order valence-electron chi connectivity index (χ2n) is 8.96. The monoisotopic (exact) mass is 491 g/mol. The molecule has 3 heterocycles. The van der Waals surface area contributed by atoms with E-state index in [-0.39, 0.29) is 49.2 Å². The largest absolute Gasteiger partial charge is 0.487 e. The number of aromatic nitrogens is 1. The highest BCUT2D eigenvalue weighted by molar-refractivity contribution is 6.04. The van der Waals surface area contributed by atoms with Crippen molar-refractivity contribution in [1.29, 1.82) is 0 Å². The highest BCUT2D eigenvalue weighted by Gasteiger charge is 2.46. The third kappa shape index (κ3) is 5.22. The molecular weight excluding hydrogens is 465 g/mol. The lowest BCUT2D eigenvalue weighted by Gasteiger charge is -2.37. The van der Waals surface area contributed by atoms with Crippen LogP contribution in [0.15, 0.2) is 67.0 Å². The van der Waals surface area contributed by atoms with Gasteiger partial charge in [-0.15, -0.1) is 0 Å². The van der Waals surface area contributed by atoms with Gasteiger partial charge in [0.1, 0.15) is 23.8 Å². The average Bonchev–Trinajstić information content (AvgIpc) is 3.25. The molecule has 1 fully saturated rings. The summed E-state index contributed by atoms with van der Waals surface area (Å²) in [5, 5.41) is 15.6. The van der Waals surface area contributed by atoms with Crippen LogP contribution in [-0.2, 0) is 16.1 Å². The van der Waals surface area contributed by atoms with Gasteiger partial charge in [0.05, 0.1) is 24.7 Å². The van der Waals surface area contributed by atoms with E-state index in [0.717, 1.165) is 5.56 Å². The van der Waals surface area contributed by atoms with Crippen LogP contribution < -0.4 is 15.4 Å². The first kappa shape index (κ1) is 23.9. The minimum atomic E-state index is -0.592. The van der Waals surface area contributed by atoms with E-state index in [1.165, 1.54) is 18.3 Å². The highest BCUT2D eigenvalue weighted by Crippen LogP contribution is 2.47. The standard InChI is InChI=1S/C27H26FN3O5/c28-18-5-1-3-16(9-18)13-30-25(33)12-20-11-22-21-10-19(31-27(34)17-4-2-8-29-14-17)6-7-23(21)36-26(22)24(15-32)35-20/h1-10,14,20,22,24,26,32H,11-13,15H2,(H,30,33)(H,31,34)/t20-,22-,24-,26+/m1/s1. The molecule has 1 saturated heterocycles. The number of nitrogens with zero attached hydrogens (tertiary/aromatic N) is 1. The van der Waals surface area contributed by atoms with Crippen LogP contribution in [0, 0.1) is 5.82 Å². The summed E-state index contributed by atoms with van der Waals surface area (Å²) in [7, 11) is 0. The molecule has 0 spiro atoms. The number of anilines is 1. The van der Waals surface area contributed by atoms with Crippen molar-refractivity contribution in [3.05, 3.63) is 89.5 Å². The van der Waals surface area contributed by atoms with E-state index in [9.17, 15) is 19.1 Å². The summed E-state index contributed by atoms with van der Waals surface area (Å²) in [6.07, 6.45) is 2.30. The Morgan fingerprint density at radius 2 is 2.03 bits per heavy atom. The highest BCUT2D eigenvalue weighted by atomic mass is 19.1. The molecule has 186 valence electrons. The predicted octanol–water partition coefficient (Wildman–Crippen LogP) is 3.17. The Balaban J connectivity index is 1.26. The topological polar surface area (TPSA) is 110 Å². The molecule has 1 aromatic heterocycles. The van der Waals surface area contributed by atoms with Crippen molar-refractivity contribution in [3.63, 3.8) is 0 Å². The number of benzene rings is 2. The summed E-state index contributed by atoms with van der Waals surface area (Å²) in [4.78, 5) is 29.1. The summed E-state index contributed by atoms with van der Waals surface area (Å²) in [6, 6.07) is 14.9. The molecule has 0 saturated carbocycles. The van der Waals surface area contributed by atoms with Crippen molar-refractivity contribution >= 4 is 17.5 Å². The van der Waals surface area contributed by atoms with Crippen LogP contribution >= 0.6 is 0 Å². The lowest BCUT2D eigenvalue weighted by Crippen LogP contribution is -2.47. The molecular formula is C27H26FN3O5. The lowest BCUT2D eigenvalue weighted by molar-refractivity contribution is -0.142. The normalized spacial score (nSPS) is 22.2. The summed E-state index contributed by atoms with van der Waals surface area (Å²) >= 11 is 0. The molecule has 0 unspecified atom stereocenters. The van der Waals surface area contributed by atoms with E-state index in [2.05, 4.69) is 15.6 Å². The minimum Gasteiger partial charge on any atom is -0.487 e. The Kier molecular flexibility index (Phi) is 6.92. The van der Waals surface area contributed by atoms with Crippen molar-refractivity contribution in [2.45, 2.75) is 43.6 Å². The van der Waals surface area contributed by atoms with Crippen LogP contribution in [0.25, 0.3) is 0 Å². The number of carbonyl (C=O) groups is 2. The first-order valence-corrected chi connectivity index (χ1v) is 11.8. The van der Waals surface area contributed by atoms with Gasteiger partial charge in [-0.3, -0.25) is 14.6 Å². The minimum absolute atomic E-state index is 0.0990. The number of aliphatic hydroxyl groups excluding tert-OH is 1. The summed E-state index contributed by atoms with van der Waals surface area (Å²) in [5.41, 5.74) is 2.63. The molecule has 36 heavy (non-hydrogen) atoms. The summed E-state index contributed by atoms with van der Waals surface area (Å²) in [6.45, 7) is -0.0358. The van der Waals surface area contributed by atoms with E-state index in [1.807, 2.05) is 6.07 Å². The van der Waals surface area contributed by atoms with Gasteiger partial charge in [0.25, 0.3) is 5.91 Å². The van der Waals surface area contributed by atoms with Gasteiger partial charge >= 0.3 is 0 Å². The van der Waals surface area contributed by atoms with E-state index < -0.39 is 12.2 Å². The zero-order valence-corrected chi connectivity index (χ0v) is 19.4. The smallest absolute Gasteiger partial charge is 0.257 e. The van der Waals surface area contributed by atoms with Crippen molar-refractivity contribution in [2.75, 3.05) is 11.9 Å². The van der Waals surface area contributed by atoms with Crippen molar-refractivity contribution < 1.29 is 28.6 Å². The summed E-state index contributed by atoms with van der Waals surface area (Å²) in [5.74, 6) is -0.294. The van der Waals surface area contributed by atoms with Crippen LogP contribution in [0.4, 0.5) is 10.1 Å². The van der Waals surface area contributed by atoms with Crippen molar-refractivity contribution in [1.82, 2.24) is 10.3 Å². The van der Waals surface area contributed by atoms with Gasteiger partial charge in [0, 0.05) is 36.1 Å². The van der Waals surface area contributed by atoms with Crippen LogP contribution in [0.2, 0.25) is 0 Å². The molecule has 5 rings (SSSR count). The number of pyridine rings is 1. The number of ether oxygens (including phenoxy) is 2.